The van der Waals surface area contributed by atoms with E-state index >= 15 is 0 Å². The molecule has 3 aromatic heterocycles. The quantitative estimate of drug-likeness (QED) is 0.401. The van der Waals surface area contributed by atoms with E-state index in [0.717, 1.165) is 21.8 Å². The topological polar surface area (TPSA) is 156 Å². The molecule has 0 saturated carbocycles. The average molecular weight is 450 g/mol. The summed E-state index contributed by atoms with van der Waals surface area (Å²) in [6.07, 6.45) is 2.36. The number of amides is 2. The van der Waals surface area contributed by atoms with Crippen LogP contribution in [-0.2, 0) is 17.8 Å². The van der Waals surface area contributed by atoms with E-state index in [1.165, 1.54) is 12.4 Å². The minimum Gasteiger partial charge on any atom is -0.486 e. The van der Waals surface area contributed by atoms with Gasteiger partial charge in [-0.15, -0.1) is 0 Å². The second kappa shape index (κ2) is 8.11. The molecule has 2 amide bonds. The van der Waals surface area contributed by atoms with Gasteiger partial charge in [0, 0.05) is 24.6 Å². The standard InChI is InChI=1S/C20H15FN8O4/c21-13-7-25-29-15(19(32)27-20-23-9-24-28-20)5-14(26-17(13)29)18(31)22-6-10-1-2-16-11(3-10)4-12(30)8-33-16/h1-3,5,7,9H,4,6,8H2,(H,22,31)(H2,23,24,27,28,32). The van der Waals surface area contributed by atoms with Crippen molar-refractivity contribution in [2.45, 2.75) is 13.0 Å². The number of carbonyl (C=O) groups excluding carboxylic acids is 3. The highest BCUT2D eigenvalue weighted by molar-refractivity contribution is 6.04. The summed E-state index contributed by atoms with van der Waals surface area (Å²) in [5, 5.41) is 15.0. The summed E-state index contributed by atoms with van der Waals surface area (Å²) in [5.41, 5.74) is 0.885. The van der Waals surface area contributed by atoms with Crippen molar-refractivity contribution in [1.82, 2.24) is 35.1 Å². The van der Waals surface area contributed by atoms with Crippen LogP contribution in [0.2, 0.25) is 0 Å². The number of hydrogen-bond acceptors (Lipinski definition) is 8. The van der Waals surface area contributed by atoms with E-state index in [4.69, 9.17) is 4.74 Å². The zero-order valence-corrected chi connectivity index (χ0v) is 16.8. The SMILES string of the molecule is O=C1COc2ccc(CNC(=O)c3cc(C(=O)Nc4ncn[nH]4)n4ncc(F)c4n3)cc2C1. The average Bonchev–Trinajstić information content (AvgIpc) is 3.46. The molecule has 1 aromatic carbocycles. The number of H-pyrrole nitrogens is 1. The smallest absolute Gasteiger partial charge is 0.276 e. The van der Waals surface area contributed by atoms with Gasteiger partial charge in [-0.05, 0) is 17.7 Å². The molecule has 0 atom stereocenters. The van der Waals surface area contributed by atoms with E-state index in [2.05, 4.69) is 35.9 Å². The fourth-order valence-electron chi connectivity index (χ4n) is 3.37. The van der Waals surface area contributed by atoms with E-state index < -0.39 is 17.6 Å². The highest BCUT2D eigenvalue weighted by atomic mass is 19.1. The normalized spacial score (nSPS) is 12.8. The van der Waals surface area contributed by atoms with Crippen molar-refractivity contribution in [3.8, 4) is 5.75 Å². The first-order valence-corrected chi connectivity index (χ1v) is 9.73. The minimum absolute atomic E-state index is 0.0276. The fraction of sp³-hybridized carbons (Fsp3) is 0.150. The van der Waals surface area contributed by atoms with Gasteiger partial charge in [-0.2, -0.15) is 15.2 Å². The largest absolute Gasteiger partial charge is 0.486 e. The Hall–Kier alpha value is -4.68. The summed E-state index contributed by atoms with van der Waals surface area (Å²) in [6, 6.07) is 6.47. The van der Waals surface area contributed by atoms with Gasteiger partial charge in [-0.25, -0.2) is 19.0 Å². The minimum atomic E-state index is -0.794. The van der Waals surface area contributed by atoms with E-state index in [0.29, 0.717) is 5.75 Å². The molecule has 4 aromatic rings. The highest BCUT2D eigenvalue weighted by Gasteiger charge is 2.21. The third kappa shape index (κ3) is 3.98. The second-order valence-corrected chi connectivity index (χ2v) is 7.17. The van der Waals surface area contributed by atoms with Crippen LogP contribution in [0.1, 0.15) is 32.1 Å². The Morgan fingerprint density at radius 1 is 1.24 bits per heavy atom. The Labute approximate surface area is 184 Å². The molecule has 0 aliphatic carbocycles. The summed E-state index contributed by atoms with van der Waals surface area (Å²) in [7, 11) is 0. The van der Waals surface area contributed by atoms with Crippen LogP contribution in [0.15, 0.2) is 36.8 Å². The van der Waals surface area contributed by atoms with Gasteiger partial charge in [0.1, 0.15) is 30.1 Å². The van der Waals surface area contributed by atoms with Crippen molar-refractivity contribution in [3.05, 3.63) is 65.1 Å². The van der Waals surface area contributed by atoms with Gasteiger partial charge in [0.25, 0.3) is 11.8 Å². The van der Waals surface area contributed by atoms with Gasteiger partial charge < -0.3 is 10.1 Å². The number of nitrogens with one attached hydrogen (secondary N) is 3. The number of aromatic amines is 1. The number of rotatable bonds is 5. The van der Waals surface area contributed by atoms with Crippen LogP contribution in [0.4, 0.5) is 10.3 Å². The molecule has 0 saturated heterocycles. The molecule has 1 aliphatic rings. The molecular weight excluding hydrogens is 435 g/mol. The van der Waals surface area contributed by atoms with Crippen molar-refractivity contribution in [2.75, 3.05) is 11.9 Å². The summed E-state index contributed by atoms with van der Waals surface area (Å²) >= 11 is 0. The highest BCUT2D eigenvalue weighted by Crippen LogP contribution is 2.24. The van der Waals surface area contributed by atoms with Gasteiger partial charge in [-0.1, -0.05) is 6.07 Å². The summed E-state index contributed by atoms with van der Waals surface area (Å²) in [5.74, 6) is -1.45. The Bertz CT molecular complexity index is 1400. The Kier molecular flexibility index (Phi) is 4.97. The van der Waals surface area contributed by atoms with Crippen molar-refractivity contribution >= 4 is 29.2 Å². The Morgan fingerprint density at radius 2 is 2.12 bits per heavy atom. The number of halogens is 1. The monoisotopic (exact) mass is 450 g/mol. The van der Waals surface area contributed by atoms with Gasteiger partial charge in [0.15, 0.2) is 17.2 Å². The first-order chi connectivity index (χ1) is 16.0. The van der Waals surface area contributed by atoms with Crippen LogP contribution >= 0.6 is 0 Å². The number of ketones is 1. The van der Waals surface area contributed by atoms with E-state index in [1.807, 2.05) is 0 Å². The number of Topliss-reactive ketones (excluding diaryl/α,β-unsaturated/α-hetero) is 1. The molecule has 0 unspecified atom stereocenters. The Morgan fingerprint density at radius 3 is 2.94 bits per heavy atom. The van der Waals surface area contributed by atoms with Crippen LogP contribution in [0, 0.1) is 5.82 Å². The molecule has 5 rings (SSSR count). The lowest BCUT2D eigenvalue weighted by Gasteiger charge is -2.17. The summed E-state index contributed by atoms with van der Waals surface area (Å²) in [6.45, 7) is 0.170. The molecule has 13 heteroatoms. The Balaban J connectivity index is 1.38. The second-order valence-electron chi connectivity index (χ2n) is 7.17. The van der Waals surface area contributed by atoms with Crippen molar-refractivity contribution in [1.29, 1.82) is 0 Å². The maximum absolute atomic E-state index is 14.2. The predicted octanol–water partition coefficient (Wildman–Crippen LogP) is 0.673. The van der Waals surface area contributed by atoms with Crippen molar-refractivity contribution in [3.63, 3.8) is 0 Å². The lowest BCUT2D eigenvalue weighted by atomic mass is 10.0. The lowest BCUT2D eigenvalue weighted by Crippen LogP contribution is -2.26. The molecule has 33 heavy (non-hydrogen) atoms. The molecule has 0 spiro atoms. The summed E-state index contributed by atoms with van der Waals surface area (Å²) < 4.78 is 20.5. The number of ether oxygens (including phenoxy) is 1. The number of hydrogen-bond donors (Lipinski definition) is 3. The molecule has 3 N–H and O–H groups in total. The molecule has 1 aliphatic heterocycles. The van der Waals surface area contributed by atoms with Crippen molar-refractivity contribution < 1.29 is 23.5 Å². The number of nitrogens with zero attached hydrogens (tertiary/aromatic N) is 5. The van der Waals surface area contributed by atoms with E-state index in [9.17, 15) is 18.8 Å². The molecule has 166 valence electrons. The van der Waals surface area contributed by atoms with Crippen LogP contribution < -0.4 is 15.4 Å². The number of fused-ring (bicyclic) bond motifs is 2. The summed E-state index contributed by atoms with van der Waals surface area (Å²) in [4.78, 5) is 44.8. The zero-order valence-electron chi connectivity index (χ0n) is 16.8. The van der Waals surface area contributed by atoms with Gasteiger partial charge in [0.2, 0.25) is 5.95 Å². The van der Waals surface area contributed by atoms with Crippen LogP contribution in [0.3, 0.4) is 0 Å². The number of benzene rings is 1. The van der Waals surface area contributed by atoms with Gasteiger partial charge in [0.05, 0.1) is 6.20 Å². The predicted molar refractivity (Wildman–Crippen MR) is 109 cm³/mol. The lowest BCUT2D eigenvalue weighted by molar-refractivity contribution is -0.121. The van der Waals surface area contributed by atoms with Crippen LogP contribution in [-0.4, -0.2) is 54.0 Å². The molecular formula is C20H15FN8O4. The number of anilines is 1. The first kappa shape index (κ1) is 20.2. The molecule has 4 heterocycles. The zero-order chi connectivity index (χ0) is 22.9. The maximum atomic E-state index is 14.2. The van der Waals surface area contributed by atoms with Crippen molar-refractivity contribution in [2.24, 2.45) is 0 Å². The molecule has 0 bridgehead atoms. The number of aromatic nitrogens is 6. The maximum Gasteiger partial charge on any atom is 0.276 e. The van der Waals surface area contributed by atoms with E-state index in [-0.39, 0.29) is 48.3 Å². The fourth-order valence-corrected chi connectivity index (χ4v) is 3.37. The third-order valence-corrected chi connectivity index (χ3v) is 4.90. The third-order valence-electron chi connectivity index (χ3n) is 4.90. The van der Waals surface area contributed by atoms with Crippen LogP contribution in [0.5, 0.6) is 5.75 Å². The van der Waals surface area contributed by atoms with Crippen LogP contribution in [0.25, 0.3) is 5.65 Å². The van der Waals surface area contributed by atoms with Gasteiger partial charge in [-0.3, -0.25) is 19.7 Å². The first-order valence-electron chi connectivity index (χ1n) is 9.73. The van der Waals surface area contributed by atoms with E-state index in [1.54, 1.807) is 18.2 Å². The number of carbonyl (C=O) groups is 3. The molecule has 0 fully saturated rings. The van der Waals surface area contributed by atoms with Gasteiger partial charge >= 0.3 is 0 Å². The molecule has 12 nitrogen and oxygen atoms in total. The molecule has 0 radical (unpaired) electrons.